The average Bonchev–Trinajstić information content (AvgIpc) is 3.26. The average molecular weight is 322 g/mol. The highest BCUT2D eigenvalue weighted by Crippen LogP contribution is 2.25. The molecule has 7 nitrogen and oxygen atoms in total. The third-order valence-electron chi connectivity index (χ3n) is 4.48. The summed E-state index contributed by atoms with van der Waals surface area (Å²) in [5, 5.41) is 7.13. The van der Waals surface area contributed by atoms with E-state index in [-0.39, 0.29) is 12.2 Å². The Kier molecular flexibility index (Phi) is 6.01. The molecule has 0 spiro atoms. The van der Waals surface area contributed by atoms with Crippen molar-refractivity contribution in [3.8, 4) is 0 Å². The number of likely N-dealkylation sites (tertiary alicyclic amines) is 1. The molecule has 0 atom stereocenters. The normalized spacial score (nSPS) is 20.9. The minimum Gasteiger partial charge on any atom is -0.355 e. The summed E-state index contributed by atoms with van der Waals surface area (Å²) in [7, 11) is 0. The van der Waals surface area contributed by atoms with Crippen molar-refractivity contribution < 1.29 is 14.3 Å². The molecule has 1 amide bonds. The van der Waals surface area contributed by atoms with Gasteiger partial charge >= 0.3 is 0 Å². The number of hydrogen-bond acceptors (Lipinski definition) is 5. The van der Waals surface area contributed by atoms with E-state index in [9.17, 15) is 4.79 Å². The Morgan fingerprint density at radius 3 is 2.74 bits per heavy atom. The fourth-order valence-corrected chi connectivity index (χ4v) is 3.19. The van der Waals surface area contributed by atoms with Gasteiger partial charge in [-0.3, -0.25) is 14.4 Å². The monoisotopic (exact) mass is 322 g/mol. The maximum absolute atomic E-state index is 12.0. The molecule has 1 aromatic rings. The third-order valence-corrected chi connectivity index (χ3v) is 4.48. The topological polar surface area (TPSA) is 68.6 Å². The van der Waals surface area contributed by atoms with Crippen LogP contribution in [0.2, 0.25) is 0 Å². The van der Waals surface area contributed by atoms with Crippen molar-refractivity contribution in [1.29, 1.82) is 0 Å². The van der Waals surface area contributed by atoms with Crippen molar-refractivity contribution in [1.82, 2.24) is 20.0 Å². The van der Waals surface area contributed by atoms with Crippen molar-refractivity contribution in [2.45, 2.75) is 32.1 Å². The molecule has 3 heterocycles. The van der Waals surface area contributed by atoms with Crippen molar-refractivity contribution in [3.63, 3.8) is 0 Å². The molecule has 1 aromatic heterocycles. The predicted molar refractivity (Wildman–Crippen MR) is 84.7 cm³/mol. The van der Waals surface area contributed by atoms with Gasteiger partial charge in [-0.2, -0.15) is 5.10 Å². The van der Waals surface area contributed by atoms with E-state index in [0.29, 0.717) is 32.2 Å². The van der Waals surface area contributed by atoms with Gasteiger partial charge < -0.3 is 14.8 Å². The second kappa shape index (κ2) is 8.42. The fraction of sp³-hybridized carbons (Fsp3) is 0.750. The number of amides is 1. The first kappa shape index (κ1) is 16.4. The number of carbonyl (C=O) groups excluding carboxylic acids is 1. The Morgan fingerprint density at radius 1 is 1.26 bits per heavy atom. The quantitative estimate of drug-likeness (QED) is 0.739. The van der Waals surface area contributed by atoms with Crippen LogP contribution < -0.4 is 5.32 Å². The number of hydrogen-bond donors (Lipinski definition) is 1. The van der Waals surface area contributed by atoms with Crippen molar-refractivity contribution in [2.24, 2.45) is 5.92 Å². The Labute approximate surface area is 136 Å². The number of piperidine rings is 1. The predicted octanol–water partition coefficient (Wildman–Crippen LogP) is 0.474. The molecule has 0 radical (unpaired) electrons. The van der Waals surface area contributed by atoms with E-state index in [1.54, 1.807) is 6.20 Å². The lowest BCUT2D eigenvalue weighted by Gasteiger charge is -2.33. The largest absolute Gasteiger partial charge is 0.355 e. The van der Waals surface area contributed by atoms with Gasteiger partial charge in [0, 0.05) is 31.4 Å². The Bertz CT molecular complexity index is 466. The summed E-state index contributed by atoms with van der Waals surface area (Å²) in [5.74, 6) is 0.586. The van der Waals surface area contributed by atoms with E-state index < -0.39 is 0 Å². The number of aryl methyl sites for hydroxylation is 1. The molecule has 0 unspecified atom stereocenters. The second-order valence-corrected chi connectivity index (χ2v) is 6.20. The zero-order chi connectivity index (χ0) is 15.9. The molecule has 0 aliphatic carbocycles. The lowest BCUT2D eigenvalue weighted by Crippen LogP contribution is -2.43. The van der Waals surface area contributed by atoms with Crippen LogP contribution in [0.15, 0.2) is 18.5 Å². The summed E-state index contributed by atoms with van der Waals surface area (Å²) >= 11 is 0. The molecule has 7 heteroatoms. The van der Waals surface area contributed by atoms with Crippen LogP contribution in [0.3, 0.4) is 0 Å². The van der Waals surface area contributed by atoms with Gasteiger partial charge in [-0.15, -0.1) is 0 Å². The lowest BCUT2D eigenvalue weighted by atomic mass is 9.96. The Hall–Kier alpha value is -1.44. The van der Waals surface area contributed by atoms with Crippen LogP contribution in [0.4, 0.5) is 0 Å². The van der Waals surface area contributed by atoms with Crippen LogP contribution in [0.25, 0.3) is 0 Å². The van der Waals surface area contributed by atoms with E-state index in [0.717, 1.165) is 38.9 Å². The minimum absolute atomic E-state index is 0.0201. The van der Waals surface area contributed by atoms with E-state index in [4.69, 9.17) is 9.47 Å². The van der Waals surface area contributed by atoms with Gasteiger partial charge in [0.25, 0.3) is 0 Å². The maximum atomic E-state index is 12.0. The van der Waals surface area contributed by atoms with E-state index in [1.165, 1.54) is 0 Å². The molecule has 0 saturated carbocycles. The number of nitrogens with one attached hydrogen (secondary N) is 1. The molecule has 23 heavy (non-hydrogen) atoms. The van der Waals surface area contributed by atoms with Gasteiger partial charge in [0.15, 0.2) is 6.29 Å². The van der Waals surface area contributed by atoms with Gasteiger partial charge in [0.1, 0.15) is 0 Å². The van der Waals surface area contributed by atoms with E-state index in [2.05, 4.69) is 15.3 Å². The van der Waals surface area contributed by atoms with Gasteiger partial charge in [0.2, 0.25) is 5.91 Å². The van der Waals surface area contributed by atoms with Crippen LogP contribution in [0, 0.1) is 5.92 Å². The fourth-order valence-electron chi connectivity index (χ4n) is 3.19. The van der Waals surface area contributed by atoms with Gasteiger partial charge in [-0.1, -0.05) is 0 Å². The first-order valence-electron chi connectivity index (χ1n) is 8.51. The van der Waals surface area contributed by atoms with Crippen molar-refractivity contribution >= 4 is 5.91 Å². The van der Waals surface area contributed by atoms with Gasteiger partial charge in [0.05, 0.1) is 19.8 Å². The number of nitrogens with zero attached hydrogens (tertiary/aromatic N) is 3. The summed E-state index contributed by atoms with van der Waals surface area (Å²) in [6, 6.07) is 1.91. The molecule has 2 aliphatic rings. The third kappa shape index (κ3) is 5.02. The standard InChI is InChI=1S/C16H26N4O3/c21-15(17-5-1-7-20-8-2-6-18-20)13-19-9-3-14(4-10-19)16-22-11-12-23-16/h2,6,8,14,16H,1,3-5,7,9-13H2,(H,17,21). The zero-order valence-corrected chi connectivity index (χ0v) is 13.5. The summed E-state index contributed by atoms with van der Waals surface area (Å²) < 4.78 is 13.0. The summed E-state index contributed by atoms with van der Waals surface area (Å²) in [5.41, 5.74) is 0. The first-order chi connectivity index (χ1) is 11.3. The molecule has 1 N–H and O–H groups in total. The summed E-state index contributed by atoms with van der Waals surface area (Å²) in [4.78, 5) is 14.2. The molecule has 0 bridgehead atoms. The molecule has 0 aromatic carbocycles. The van der Waals surface area contributed by atoms with Crippen LogP contribution in [0.1, 0.15) is 19.3 Å². The number of aromatic nitrogens is 2. The SMILES string of the molecule is O=C(CN1CCC(C2OCCO2)CC1)NCCCn1cccn1. The number of ether oxygens (including phenoxy) is 2. The highest BCUT2D eigenvalue weighted by molar-refractivity contribution is 5.77. The maximum Gasteiger partial charge on any atom is 0.234 e. The number of carbonyl (C=O) groups is 1. The van der Waals surface area contributed by atoms with E-state index in [1.807, 2.05) is 16.9 Å². The summed E-state index contributed by atoms with van der Waals surface area (Å²) in [6.07, 6.45) is 6.65. The lowest BCUT2D eigenvalue weighted by molar-refractivity contribution is -0.124. The first-order valence-corrected chi connectivity index (χ1v) is 8.51. The van der Waals surface area contributed by atoms with Gasteiger partial charge in [-0.05, 0) is 38.4 Å². The van der Waals surface area contributed by atoms with Crippen molar-refractivity contribution in [3.05, 3.63) is 18.5 Å². The molecule has 2 saturated heterocycles. The van der Waals surface area contributed by atoms with Gasteiger partial charge in [-0.25, -0.2) is 0 Å². The molecule has 128 valence electrons. The van der Waals surface area contributed by atoms with Crippen LogP contribution >= 0.6 is 0 Å². The smallest absolute Gasteiger partial charge is 0.234 e. The van der Waals surface area contributed by atoms with Crippen LogP contribution in [-0.2, 0) is 20.8 Å². The highest BCUT2D eigenvalue weighted by atomic mass is 16.7. The van der Waals surface area contributed by atoms with E-state index >= 15 is 0 Å². The Balaban J connectivity index is 1.27. The number of rotatable bonds is 7. The van der Waals surface area contributed by atoms with Crippen LogP contribution in [0.5, 0.6) is 0 Å². The highest BCUT2D eigenvalue weighted by Gasteiger charge is 2.30. The molecule has 2 aliphatic heterocycles. The second-order valence-electron chi connectivity index (χ2n) is 6.20. The van der Waals surface area contributed by atoms with Crippen LogP contribution in [-0.4, -0.2) is 66.3 Å². The summed E-state index contributed by atoms with van der Waals surface area (Å²) in [6.45, 7) is 5.32. The molecular formula is C16H26N4O3. The Morgan fingerprint density at radius 2 is 2.04 bits per heavy atom. The molecule has 2 fully saturated rings. The zero-order valence-electron chi connectivity index (χ0n) is 13.5. The minimum atomic E-state index is -0.0201. The molecule has 3 rings (SSSR count). The van der Waals surface area contributed by atoms with Crippen molar-refractivity contribution in [2.75, 3.05) is 39.4 Å². The molecular weight excluding hydrogens is 296 g/mol.